The summed E-state index contributed by atoms with van der Waals surface area (Å²) in [5.41, 5.74) is 6.10. The normalized spacial score (nSPS) is 11.5. The molecule has 0 aromatic heterocycles. The Kier molecular flexibility index (Phi) is 6.83. The Labute approximate surface area is 111 Å². The number of carbonyl (C=O) groups excluding carboxylic acids is 1. The molecule has 0 heterocycles. The molecule has 0 saturated carbocycles. The highest BCUT2D eigenvalue weighted by atomic mass is 35.5. The molecule has 0 spiro atoms. The molecule has 90 valence electrons. The zero-order valence-corrected chi connectivity index (χ0v) is 11.4. The first-order chi connectivity index (χ1) is 7.04. The molecule has 6 heteroatoms. The molecule has 0 fully saturated rings. The minimum atomic E-state index is -0.524. The lowest BCUT2D eigenvalue weighted by Crippen LogP contribution is -2.32. The van der Waals surface area contributed by atoms with Crippen LogP contribution in [0.3, 0.4) is 0 Å². The van der Waals surface area contributed by atoms with E-state index in [1.807, 2.05) is 12.3 Å². The fourth-order valence-electron chi connectivity index (χ4n) is 1.00. The molecule has 0 saturated heterocycles. The summed E-state index contributed by atoms with van der Waals surface area (Å²) in [5, 5.41) is 3.31. The third-order valence-electron chi connectivity index (χ3n) is 1.83. The Morgan fingerprint density at radius 1 is 1.56 bits per heavy atom. The van der Waals surface area contributed by atoms with E-state index in [-0.39, 0.29) is 18.3 Å². The van der Waals surface area contributed by atoms with Crippen molar-refractivity contribution >= 4 is 47.4 Å². The molecule has 16 heavy (non-hydrogen) atoms. The van der Waals surface area contributed by atoms with E-state index in [9.17, 15) is 4.79 Å². The standard InChI is InChI=1S/C10H13ClN2OS.ClH/c1-6(12)10(14)13-7-3-4-9(15-2)8(11)5-7;/h3-6H,12H2,1-2H3,(H,13,14);1H/t6-;/m1./s1. The molecule has 1 amide bonds. The second-order valence-corrected chi connectivity index (χ2v) is 4.38. The van der Waals surface area contributed by atoms with E-state index in [1.165, 1.54) is 0 Å². The van der Waals surface area contributed by atoms with Gasteiger partial charge in [0.25, 0.3) is 0 Å². The summed E-state index contributed by atoms with van der Waals surface area (Å²) < 4.78 is 0. The fraction of sp³-hybridized carbons (Fsp3) is 0.300. The lowest BCUT2D eigenvalue weighted by atomic mass is 10.3. The van der Waals surface area contributed by atoms with Crippen LogP contribution in [0, 0.1) is 0 Å². The zero-order valence-electron chi connectivity index (χ0n) is 8.99. The van der Waals surface area contributed by atoms with Crippen molar-refractivity contribution in [3.05, 3.63) is 23.2 Å². The van der Waals surface area contributed by atoms with Crippen LogP contribution in [-0.4, -0.2) is 18.2 Å². The van der Waals surface area contributed by atoms with Crippen molar-refractivity contribution in [1.82, 2.24) is 0 Å². The van der Waals surface area contributed by atoms with Gasteiger partial charge in [-0.3, -0.25) is 4.79 Å². The van der Waals surface area contributed by atoms with Crippen LogP contribution in [-0.2, 0) is 4.79 Å². The highest BCUT2D eigenvalue weighted by Crippen LogP contribution is 2.27. The highest BCUT2D eigenvalue weighted by molar-refractivity contribution is 7.98. The van der Waals surface area contributed by atoms with E-state index in [0.717, 1.165) is 4.90 Å². The largest absolute Gasteiger partial charge is 0.325 e. The number of rotatable bonds is 3. The molecule has 0 unspecified atom stereocenters. The maximum atomic E-state index is 11.3. The van der Waals surface area contributed by atoms with Gasteiger partial charge in [0, 0.05) is 10.6 Å². The lowest BCUT2D eigenvalue weighted by molar-refractivity contribution is -0.117. The average Bonchev–Trinajstić information content (AvgIpc) is 2.18. The Balaban J connectivity index is 0.00000225. The van der Waals surface area contributed by atoms with Crippen LogP contribution in [0.5, 0.6) is 0 Å². The predicted octanol–water partition coefficient (Wildman–Crippen LogP) is 2.77. The summed E-state index contributed by atoms with van der Waals surface area (Å²) in [7, 11) is 0. The molecule has 0 aliphatic rings. The quantitative estimate of drug-likeness (QED) is 0.838. The minimum Gasteiger partial charge on any atom is -0.325 e. The fourth-order valence-corrected chi connectivity index (χ4v) is 1.87. The zero-order chi connectivity index (χ0) is 11.4. The van der Waals surface area contributed by atoms with Crippen LogP contribution in [0.2, 0.25) is 5.02 Å². The summed E-state index contributed by atoms with van der Waals surface area (Å²) in [6.45, 7) is 1.63. The van der Waals surface area contributed by atoms with Crippen molar-refractivity contribution < 1.29 is 4.79 Å². The van der Waals surface area contributed by atoms with Gasteiger partial charge in [0.05, 0.1) is 11.1 Å². The Hall–Kier alpha value is -0.420. The molecule has 0 bridgehead atoms. The van der Waals surface area contributed by atoms with E-state index >= 15 is 0 Å². The van der Waals surface area contributed by atoms with Crippen molar-refractivity contribution in [3.63, 3.8) is 0 Å². The summed E-state index contributed by atoms with van der Waals surface area (Å²) in [5.74, 6) is -0.219. The number of hydrogen-bond acceptors (Lipinski definition) is 3. The smallest absolute Gasteiger partial charge is 0.240 e. The van der Waals surface area contributed by atoms with Crippen molar-refractivity contribution in [3.8, 4) is 0 Å². The number of hydrogen-bond donors (Lipinski definition) is 2. The first-order valence-electron chi connectivity index (χ1n) is 4.44. The maximum Gasteiger partial charge on any atom is 0.240 e. The van der Waals surface area contributed by atoms with Gasteiger partial charge in [-0.1, -0.05) is 11.6 Å². The summed E-state index contributed by atoms with van der Waals surface area (Å²) in [6, 6.07) is 4.86. The number of halogens is 2. The maximum absolute atomic E-state index is 11.3. The van der Waals surface area contributed by atoms with Gasteiger partial charge in [0.1, 0.15) is 0 Å². The van der Waals surface area contributed by atoms with Gasteiger partial charge < -0.3 is 11.1 Å². The van der Waals surface area contributed by atoms with Crippen LogP contribution in [0.25, 0.3) is 0 Å². The lowest BCUT2D eigenvalue weighted by Gasteiger charge is -2.09. The monoisotopic (exact) mass is 280 g/mol. The molecule has 1 rings (SSSR count). The molecular weight excluding hydrogens is 267 g/mol. The third kappa shape index (κ3) is 4.22. The number of thioether (sulfide) groups is 1. The second-order valence-electron chi connectivity index (χ2n) is 3.13. The molecule has 1 aromatic rings. The topological polar surface area (TPSA) is 55.1 Å². The molecule has 3 nitrogen and oxygen atoms in total. The van der Waals surface area contributed by atoms with Crippen molar-refractivity contribution in [2.45, 2.75) is 17.9 Å². The summed E-state index contributed by atoms with van der Waals surface area (Å²) in [6.07, 6.45) is 1.95. The van der Waals surface area contributed by atoms with Gasteiger partial charge in [-0.25, -0.2) is 0 Å². The van der Waals surface area contributed by atoms with E-state index in [1.54, 1.807) is 30.8 Å². The van der Waals surface area contributed by atoms with E-state index in [2.05, 4.69) is 5.32 Å². The van der Waals surface area contributed by atoms with Crippen LogP contribution in [0.4, 0.5) is 5.69 Å². The summed E-state index contributed by atoms with van der Waals surface area (Å²) in [4.78, 5) is 12.3. The highest BCUT2D eigenvalue weighted by Gasteiger charge is 2.08. The minimum absolute atomic E-state index is 0. The Bertz CT molecular complexity index is 372. The number of benzene rings is 1. The van der Waals surface area contributed by atoms with Gasteiger partial charge in [-0.05, 0) is 31.4 Å². The van der Waals surface area contributed by atoms with Gasteiger partial charge >= 0.3 is 0 Å². The first-order valence-corrected chi connectivity index (χ1v) is 6.05. The van der Waals surface area contributed by atoms with Crippen LogP contribution >= 0.6 is 35.8 Å². The Morgan fingerprint density at radius 2 is 2.19 bits per heavy atom. The van der Waals surface area contributed by atoms with Gasteiger partial charge in [0.15, 0.2) is 0 Å². The number of amides is 1. The SMILES string of the molecule is CSc1ccc(NC(=O)[C@@H](C)N)cc1Cl.Cl. The third-order valence-corrected chi connectivity index (χ3v) is 3.05. The molecule has 0 radical (unpaired) electrons. The Morgan fingerprint density at radius 3 is 2.62 bits per heavy atom. The van der Waals surface area contributed by atoms with Gasteiger partial charge in [-0.2, -0.15) is 0 Å². The summed E-state index contributed by atoms with van der Waals surface area (Å²) >= 11 is 7.55. The average molecular weight is 281 g/mol. The number of nitrogens with one attached hydrogen (secondary N) is 1. The first kappa shape index (κ1) is 15.6. The van der Waals surface area contributed by atoms with Crippen LogP contribution < -0.4 is 11.1 Å². The molecule has 1 aromatic carbocycles. The van der Waals surface area contributed by atoms with Gasteiger partial charge in [-0.15, -0.1) is 24.2 Å². The van der Waals surface area contributed by atoms with E-state index < -0.39 is 6.04 Å². The number of anilines is 1. The molecule has 1 atom stereocenters. The van der Waals surface area contributed by atoms with Gasteiger partial charge in [0.2, 0.25) is 5.91 Å². The van der Waals surface area contributed by atoms with Crippen molar-refractivity contribution in [2.24, 2.45) is 5.73 Å². The predicted molar refractivity (Wildman–Crippen MR) is 72.8 cm³/mol. The van der Waals surface area contributed by atoms with Crippen molar-refractivity contribution in [1.29, 1.82) is 0 Å². The van der Waals surface area contributed by atoms with E-state index in [4.69, 9.17) is 17.3 Å². The molecule has 3 N–H and O–H groups in total. The molecular formula is C10H14Cl2N2OS. The van der Waals surface area contributed by atoms with Crippen LogP contribution in [0.1, 0.15) is 6.92 Å². The molecule has 0 aliphatic carbocycles. The number of nitrogens with two attached hydrogens (primary N) is 1. The van der Waals surface area contributed by atoms with Crippen molar-refractivity contribution in [2.75, 3.05) is 11.6 Å². The second kappa shape index (κ2) is 7.01. The number of carbonyl (C=O) groups is 1. The molecule has 0 aliphatic heterocycles. The van der Waals surface area contributed by atoms with E-state index in [0.29, 0.717) is 10.7 Å². The van der Waals surface area contributed by atoms with Crippen LogP contribution in [0.15, 0.2) is 23.1 Å².